The molecule has 0 aromatic carbocycles. The topological polar surface area (TPSA) is 29.1 Å². The van der Waals surface area contributed by atoms with Gasteiger partial charge in [0.05, 0.1) is 0 Å². The van der Waals surface area contributed by atoms with Gasteiger partial charge in [-0.05, 0) is 37.0 Å². The molecule has 2 nitrogen and oxygen atoms in total. The van der Waals surface area contributed by atoms with E-state index in [1.807, 2.05) is 0 Å². The van der Waals surface area contributed by atoms with Gasteiger partial charge in [-0.25, -0.2) is 0 Å². The minimum Gasteiger partial charge on any atom is -0.356 e. The molecule has 0 aromatic heterocycles. The summed E-state index contributed by atoms with van der Waals surface area (Å²) in [4.78, 5) is 11.8. The molecule has 0 unspecified atom stereocenters. The Hall–Kier alpha value is -0.240. The van der Waals surface area contributed by atoms with Crippen molar-refractivity contribution < 1.29 is 4.79 Å². The number of carbonyl (C=O) groups excluding carboxylic acids is 1. The molecule has 0 saturated heterocycles. The second kappa shape index (κ2) is 6.79. The fourth-order valence-electron chi connectivity index (χ4n) is 3.08. The highest BCUT2D eigenvalue weighted by Crippen LogP contribution is 2.48. The lowest BCUT2D eigenvalue weighted by Crippen LogP contribution is -2.30. The van der Waals surface area contributed by atoms with E-state index in [0.717, 1.165) is 37.6 Å². The Morgan fingerprint density at radius 3 is 2.56 bits per heavy atom. The molecule has 0 aromatic rings. The average Bonchev–Trinajstić information content (AvgIpc) is 3.16. The zero-order chi connectivity index (χ0) is 12.8. The zero-order valence-electron chi connectivity index (χ0n) is 11.3. The van der Waals surface area contributed by atoms with Gasteiger partial charge >= 0.3 is 0 Å². The van der Waals surface area contributed by atoms with E-state index in [1.165, 1.54) is 44.9 Å². The van der Waals surface area contributed by atoms with Crippen LogP contribution in [0.5, 0.6) is 0 Å². The first-order valence-corrected chi connectivity index (χ1v) is 8.10. The van der Waals surface area contributed by atoms with Gasteiger partial charge in [-0.2, -0.15) is 0 Å². The number of hydrogen-bond donors (Lipinski definition) is 1. The van der Waals surface area contributed by atoms with Crippen LogP contribution in [0, 0.1) is 11.3 Å². The summed E-state index contributed by atoms with van der Waals surface area (Å²) in [6, 6.07) is 0. The van der Waals surface area contributed by atoms with E-state index in [-0.39, 0.29) is 5.91 Å². The first-order valence-electron chi connectivity index (χ1n) is 7.57. The predicted octanol–water partition coefficient (Wildman–Crippen LogP) is 3.87. The molecule has 1 N–H and O–H groups in total. The molecule has 2 aliphatic carbocycles. The number of rotatable bonds is 7. The maximum atomic E-state index is 11.8. The van der Waals surface area contributed by atoms with Crippen molar-refractivity contribution in [2.24, 2.45) is 11.3 Å². The van der Waals surface area contributed by atoms with Crippen molar-refractivity contribution in [2.45, 2.75) is 64.2 Å². The number of carbonyl (C=O) groups is 1. The van der Waals surface area contributed by atoms with Crippen LogP contribution in [-0.4, -0.2) is 18.3 Å². The van der Waals surface area contributed by atoms with Gasteiger partial charge in [-0.15, -0.1) is 11.6 Å². The lowest BCUT2D eigenvalue weighted by atomic mass is 9.86. The van der Waals surface area contributed by atoms with E-state index in [0.29, 0.717) is 5.41 Å². The molecule has 2 rings (SSSR count). The van der Waals surface area contributed by atoms with Gasteiger partial charge in [0, 0.05) is 18.8 Å². The first-order chi connectivity index (χ1) is 8.74. The molecule has 0 bridgehead atoms. The first kappa shape index (κ1) is 14.2. The third-order valence-electron chi connectivity index (χ3n) is 4.75. The molecule has 1 amide bonds. The van der Waals surface area contributed by atoms with Crippen molar-refractivity contribution in [1.29, 1.82) is 0 Å². The Labute approximate surface area is 116 Å². The van der Waals surface area contributed by atoms with Gasteiger partial charge < -0.3 is 5.32 Å². The molecule has 104 valence electrons. The van der Waals surface area contributed by atoms with E-state index in [2.05, 4.69) is 5.32 Å². The minimum absolute atomic E-state index is 0.251. The lowest BCUT2D eigenvalue weighted by molar-refractivity contribution is -0.121. The van der Waals surface area contributed by atoms with Crippen LogP contribution >= 0.6 is 11.6 Å². The van der Waals surface area contributed by atoms with Crippen LogP contribution in [0.4, 0.5) is 0 Å². The Bertz CT molecular complexity index is 270. The minimum atomic E-state index is 0.251. The van der Waals surface area contributed by atoms with E-state index in [4.69, 9.17) is 11.6 Å². The monoisotopic (exact) mass is 271 g/mol. The van der Waals surface area contributed by atoms with Crippen molar-refractivity contribution in [2.75, 3.05) is 12.4 Å². The number of nitrogens with one attached hydrogen (secondary N) is 1. The molecule has 2 aliphatic rings. The van der Waals surface area contributed by atoms with E-state index in [1.54, 1.807) is 0 Å². The standard InChI is InChI=1S/C15H26ClNO/c16-11-10-15(8-9-15)12-17-14(18)7-6-13-4-2-1-3-5-13/h13H,1-12H2,(H,17,18). The largest absolute Gasteiger partial charge is 0.356 e. The van der Waals surface area contributed by atoms with Crippen molar-refractivity contribution in [1.82, 2.24) is 5.32 Å². The molecule has 0 heterocycles. The van der Waals surface area contributed by atoms with Gasteiger partial charge in [0.2, 0.25) is 5.91 Å². The molecular formula is C15H26ClNO. The third-order valence-corrected chi connectivity index (χ3v) is 4.94. The maximum Gasteiger partial charge on any atom is 0.220 e. The number of halogens is 1. The lowest BCUT2D eigenvalue weighted by Gasteiger charge is -2.21. The molecule has 2 fully saturated rings. The number of hydrogen-bond acceptors (Lipinski definition) is 1. The van der Waals surface area contributed by atoms with E-state index < -0.39 is 0 Å². The van der Waals surface area contributed by atoms with Crippen LogP contribution in [0.15, 0.2) is 0 Å². The van der Waals surface area contributed by atoms with Crippen LogP contribution in [-0.2, 0) is 4.79 Å². The van der Waals surface area contributed by atoms with E-state index >= 15 is 0 Å². The molecule has 0 aliphatic heterocycles. The second-order valence-corrected chi connectivity index (χ2v) is 6.64. The van der Waals surface area contributed by atoms with Crippen LogP contribution in [0.25, 0.3) is 0 Å². The summed E-state index contributed by atoms with van der Waals surface area (Å²) in [6.07, 6.45) is 12.1. The summed E-state index contributed by atoms with van der Waals surface area (Å²) < 4.78 is 0. The van der Waals surface area contributed by atoms with Gasteiger partial charge in [-0.1, -0.05) is 32.1 Å². The van der Waals surface area contributed by atoms with Crippen LogP contribution in [0.2, 0.25) is 0 Å². The second-order valence-electron chi connectivity index (χ2n) is 6.26. The summed E-state index contributed by atoms with van der Waals surface area (Å²) in [5, 5.41) is 3.11. The fourth-order valence-corrected chi connectivity index (χ4v) is 3.48. The summed E-state index contributed by atoms with van der Waals surface area (Å²) in [6.45, 7) is 0.850. The van der Waals surface area contributed by atoms with Crippen molar-refractivity contribution in [3.63, 3.8) is 0 Å². The highest BCUT2D eigenvalue weighted by Gasteiger charge is 2.41. The molecular weight excluding hydrogens is 246 g/mol. The molecule has 18 heavy (non-hydrogen) atoms. The Morgan fingerprint density at radius 2 is 1.94 bits per heavy atom. The van der Waals surface area contributed by atoms with Gasteiger partial charge in [0.25, 0.3) is 0 Å². The molecule has 2 saturated carbocycles. The molecule has 0 atom stereocenters. The fraction of sp³-hybridized carbons (Fsp3) is 0.933. The van der Waals surface area contributed by atoms with Gasteiger partial charge in [-0.3, -0.25) is 4.79 Å². The maximum absolute atomic E-state index is 11.8. The molecule has 3 heteroatoms. The number of alkyl halides is 1. The quantitative estimate of drug-likeness (QED) is 0.700. The normalized spacial score (nSPS) is 22.7. The highest BCUT2D eigenvalue weighted by molar-refractivity contribution is 6.17. The summed E-state index contributed by atoms with van der Waals surface area (Å²) in [5.74, 6) is 1.78. The van der Waals surface area contributed by atoms with Crippen molar-refractivity contribution >= 4 is 17.5 Å². The molecule has 0 radical (unpaired) electrons. The Morgan fingerprint density at radius 1 is 1.22 bits per heavy atom. The Balaban J connectivity index is 1.57. The van der Waals surface area contributed by atoms with Crippen molar-refractivity contribution in [3.05, 3.63) is 0 Å². The Kier molecular flexibility index (Phi) is 5.35. The highest BCUT2D eigenvalue weighted by atomic mass is 35.5. The SMILES string of the molecule is O=C(CCC1CCCCC1)NCC1(CCCl)CC1. The summed E-state index contributed by atoms with van der Waals surface area (Å²) >= 11 is 5.79. The molecule has 0 spiro atoms. The van der Waals surface area contributed by atoms with Gasteiger partial charge in [0.15, 0.2) is 0 Å². The summed E-state index contributed by atoms with van der Waals surface area (Å²) in [5.41, 5.74) is 0.363. The van der Waals surface area contributed by atoms with Crippen molar-refractivity contribution in [3.8, 4) is 0 Å². The smallest absolute Gasteiger partial charge is 0.220 e. The van der Waals surface area contributed by atoms with E-state index in [9.17, 15) is 4.79 Å². The third kappa shape index (κ3) is 4.46. The number of amides is 1. The zero-order valence-corrected chi connectivity index (χ0v) is 12.1. The van der Waals surface area contributed by atoms with Crippen LogP contribution in [0.3, 0.4) is 0 Å². The van der Waals surface area contributed by atoms with Gasteiger partial charge in [0.1, 0.15) is 0 Å². The van der Waals surface area contributed by atoms with Crippen LogP contribution in [0.1, 0.15) is 64.2 Å². The predicted molar refractivity (Wildman–Crippen MR) is 75.8 cm³/mol. The van der Waals surface area contributed by atoms with Crippen LogP contribution < -0.4 is 5.32 Å². The average molecular weight is 272 g/mol. The summed E-state index contributed by atoms with van der Waals surface area (Å²) in [7, 11) is 0.